The first-order chi connectivity index (χ1) is 10.3. The fourth-order valence-electron chi connectivity index (χ4n) is 2.35. The largest absolute Gasteiger partial charge is 0.375 e. The fraction of sp³-hybridized carbons (Fsp3) is 0.538. The molecule has 2 rings (SSSR count). The van der Waals surface area contributed by atoms with E-state index >= 15 is 0 Å². The summed E-state index contributed by atoms with van der Waals surface area (Å²) in [5.41, 5.74) is 0.116. The zero-order valence-corrected chi connectivity index (χ0v) is 13.4. The van der Waals surface area contributed by atoms with Crippen molar-refractivity contribution in [2.24, 2.45) is 0 Å². The van der Waals surface area contributed by atoms with Gasteiger partial charge in [-0.15, -0.1) is 0 Å². The van der Waals surface area contributed by atoms with E-state index in [-0.39, 0.29) is 16.6 Å². The number of nitrogens with one attached hydrogen (secondary N) is 2. The van der Waals surface area contributed by atoms with E-state index in [2.05, 4.69) is 10.6 Å². The summed E-state index contributed by atoms with van der Waals surface area (Å²) < 4.78 is 25.2. The van der Waals surface area contributed by atoms with E-state index in [0.29, 0.717) is 5.69 Å². The molecule has 9 heteroatoms. The van der Waals surface area contributed by atoms with Gasteiger partial charge in [0, 0.05) is 32.7 Å². The number of hydrogen-bond donors (Lipinski definition) is 2. The summed E-state index contributed by atoms with van der Waals surface area (Å²) in [5, 5.41) is 17.6. The maximum atomic E-state index is 12.1. The van der Waals surface area contributed by atoms with Crippen LogP contribution in [-0.2, 0) is 10.0 Å². The Morgan fingerprint density at radius 3 is 2.68 bits per heavy atom. The lowest BCUT2D eigenvalue weighted by Gasteiger charge is -2.24. The first kappa shape index (κ1) is 16.7. The third-order valence-corrected chi connectivity index (χ3v) is 5.41. The van der Waals surface area contributed by atoms with Crippen molar-refractivity contribution in [2.45, 2.75) is 23.8 Å². The van der Waals surface area contributed by atoms with Crippen LogP contribution < -0.4 is 10.6 Å². The van der Waals surface area contributed by atoms with E-state index < -0.39 is 14.9 Å². The molecule has 1 aromatic carbocycles. The molecule has 1 heterocycles. The molecule has 1 fully saturated rings. The van der Waals surface area contributed by atoms with Gasteiger partial charge in [0.1, 0.15) is 5.69 Å². The molecule has 0 radical (unpaired) electrons. The Morgan fingerprint density at radius 1 is 1.41 bits per heavy atom. The van der Waals surface area contributed by atoms with Crippen molar-refractivity contribution in [1.29, 1.82) is 0 Å². The van der Waals surface area contributed by atoms with Gasteiger partial charge in [0.05, 0.1) is 9.82 Å². The van der Waals surface area contributed by atoms with E-state index in [9.17, 15) is 18.5 Å². The standard InChI is InChI=1S/C13H20N4O4S/c1-16(2)22(20,21)11-5-6-12(13(8-11)17(18)19)15-10-4-3-7-14-9-10/h5-6,8,10,14-15H,3-4,7,9H2,1-2H3. The van der Waals surface area contributed by atoms with Crippen LogP contribution in [0.1, 0.15) is 12.8 Å². The monoisotopic (exact) mass is 328 g/mol. The van der Waals surface area contributed by atoms with E-state index in [0.717, 1.165) is 36.3 Å². The Labute approximate surface area is 129 Å². The molecule has 122 valence electrons. The van der Waals surface area contributed by atoms with Crippen molar-refractivity contribution in [3.05, 3.63) is 28.3 Å². The zero-order chi connectivity index (χ0) is 16.3. The maximum absolute atomic E-state index is 12.1. The van der Waals surface area contributed by atoms with Crippen LogP contribution in [0.5, 0.6) is 0 Å². The van der Waals surface area contributed by atoms with Gasteiger partial charge in [-0.2, -0.15) is 0 Å². The summed E-state index contributed by atoms with van der Waals surface area (Å²) in [6, 6.07) is 4.06. The highest BCUT2D eigenvalue weighted by Gasteiger charge is 2.24. The molecule has 0 saturated carbocycles. The summed E-state index contributed by atoms with van der Waals surface area (Å²) in [7, 11) is -0.914. The van der Waals surface area contributed by atoms with Crippen LogP contribution in [-0.4, -0.2) is 50.9 Å². The van der Waals surface area contributed by atoms with Crippen LogP contribution in [0, 0.1) is 10.1 Å². The second-order valence-electron chi connectivity index (χ2n) is 5.41. The highest BCUT2D eigenvalue weighted by atomic mass is 32.2. The minimum Gasteiger partial charge on any atom is -0.375 e. The highest BCUT2D eigenvalue weighted by molar-refractivity contribution is 7.89. The van der Waals surface area contributed by atoms with Crippen LogP contribution in [0.4, 0.5) is 11.4 Å². The van der Waals surface area contributed by atoms with Gasteiger partial charge in [-0.05, 0) is 31.5 Å². The van der Waals surface area contributed by atoms with Crippen molar-refractivity contribution in [1.82, 2.24) is 9.62 Å². The predicted octanol–water partition coefficient (Wildman–Crippen LogP) is 1.01. The Balaban J connectivity index is 2.33. The SMILES string of the molecule is CN(C)S(=O)(=O)c1ccc(NC2CCCNC2)c([N+](=O)[O-])c1. The minimum atomic E-state index is -3.69. The average molecular weight is 328 g/mol. The van der Waals surface area contributed by atoms with Crippen molar-refractivity contribution >= 4 is 21.4 Å². The number of piperidine rings is 1. The van der Waals surface area contributed by atoms with Gasteiger partial charge in [0.25, 0.3) is 5.69 Å². The minimum absolute atomic E-state index is 0.0866. The molecule has 1 saturated heterocycles. The molecule has 1 aromatic rings. The molecule has 0 bridgehead atoms. The van der Waals surface area contributed by atoms with Crippen LogP contribution in [0.2, 0.25) is 0 Å². The van der Waals surface area contributed by atoms with Crippen LogP contribution in [0.3, 0.4) is 0 Å². The number of rotatable bonds is 5. The lowest BCUT2D eigenvalue weighted by Crippen LogP contribution is -2.38. The Kier molecular flexibility index (Phi) is 4.99. The third-order valence-electron chi connectivity index (χ3n) is 3.60. The van der Waals surface area contributed by atoms with Crippen LogP contribution in [0.25, 0.3) is 0 Å². The third kappa shape index (κ3) is 3.54. The van der Waals surface area contributed by atoms with E-state index in [1.54, 1.807) is 0 Å². The molecular weight excluding hydrogens is 308 g/mol. The van der Waals surface area contributed by atoms with Gasteiger partial charge in [0.2, 0.25) is 10.0 Å². The first-order valence-electron chi connectivity index (χ1n) is 7.00. The lowest BCUT2D eigenvalue weighted by molar-refractivity contribution is -0.384. The zero-order valence-electron chi connectivity index (χ0n) is 12.6. The van der Waals surface area contributed by atoms with Gasteiger partial charge >= 0.3 is 0 Å². The van der Waals surface area contributed by atoms with Gasteiger partial charge in [-0.3, -0.25) is 10.1 Å². The van der Waals surface area contributed by atoms with Crippen molar-refractivity contribution < 1.29 is 13.3 Å². The molecular formula is C13H20N4O4S. The number of nitrogens with zero attached hydrogens (tertiary/aromatic N) is 2. The molecule has 0 aliphatic carbocycles. The van der Waals surface area contributed by atoms with Gasteiger partial charge in [-0.1, -0.05) is 0 Å². The smallest absolute Gasteiger partial charge is 0.293 e. The summed E-state index contributed by atoms with van der Waals surface area (Å²) in [5.74, 6) is 0. The highest BCUT2D eigenvalue weighted by Crippen LogP contribution is 2.29. The molecule has 1 unspecified atom stereocenters. The van der Waals surface area contributed by atoms with Crippen molar-refractivity contribution in [2.75, 3.05) is 32.5 Å². The number of sulfonamides is 1. The number of nitro benzene ring substituents is 1. The fourth-order valence-corrected chi connectivity index (χ4v) is 3.27. The topological polar surface area (TPSA) is 105 Å². The second kappa shape index (κ2) is 6.59. The molecule has 1 aliphatic heterocycles. The number of benzene rings is 1. The van der Waals surface area contributed by atoms with E-state index in [1.807, 2.05) is 0 Å². The maximum Gasteiger partial charge on any atom is 0.293 e. The van der Waals surface area contributed by atoms with Crippen LogP contribution >= 0.6 is 0 Å². The van der Waals surface area contributed by atoms with Crippen molar-refractivity contribution in [3.8, 4) is 0 Å². The average Bonchev–Trinajstić information content (AvgIpc) is 2.48. The Morgan fingerprint density at radius 2 is 2.14 bits per heavy atom. The summed E-state index contributed by atoms with van der Waals surface area (Å²) in [4.78, 5) is 10.6. The molecule has 1 aliphatic rings. The van der Waals surface area contributed by atoms with Crippen molar-refractivity contribution in [3.63, 3.8) is 0 Å². The molecule has 0 aromatic heterocycles. The quantitative estimate of drug-likeness (QED) is 0.617. The number of anilines is 1. The van der Waals surface area contributed by atoms with Gasteiger partial charge in [-0.25, -0.2) is 12.7 Å². The number of hydrogen-bond acceptors (Lipinski definition) is 6. The summed E-state index contributed by atoms with van der Waals surface area (Å²) >= 11 is 0. The molecule has 2 N–H and O–H groups in total. The first-order valence-corrected chi connectivity index (χ1v) is 8.44. The predicted molar refractivity (Wildman–Crippen MR) is 83.5 cm³/mol. The van der Waals surface area contributed by atoms with E-state index in [4.69, 9.17) is 0 Å². The molecule has 8 nitrogen and oxygen atoms in total. The summed E-state index contributed by atoms with van der Waals surface area (Å²) in [6.45, 7) is 1.68. The second-order valence-corrected chi connectivity index (χ2v) is 7.56. The molecule has 0 spiro atoms. The Bertz CT molecular complexity index is 654. The summed E-state index contributed by atoms with van der Waals surface area (Å²) in [6.07, 6.45) is 1.92. The lowest BCUT2D eigenvalue weighted by atomic mass is 10.1. The molecule has 0 amide bonds. The molecule has 22 heavy (non-hydrogen) atoms. The Hall–Kier alpha value is -1.71. The normalized spacial score (nSPS) is 19.1. The number of nitro groups is 1. The van der Waals surface area contributed by atoms with E-state index in [1.165, 1.54) is 26.2 Å². The van der Waals surface area contributed by atoms with Crippen LogP contribution in [0.15, 0.2) is 23.1 Å². The van der Waals surface area contributed by atoms with Gasteiger partial charge < -0.3 is 10.6 Å². The van der Waals surface area contributed by atoms with Gasteiger partial charge in [0.15, 0.2) is 0 Å². The molecule has 1 atom stereocenters.